The second-order valence-electron chi connectivity index (χ2n) is 6.23. The number of pyridine rings is 1. The number of fused-ring (bicyclic) bond motifs is 5. The summed E-state index contributed by atoms with van der Waals surface area (Å²) in [6, 6.07) is 2.03. The highest BCUT2D eigenvalue weighted by Gasteiger charge is 2.66. The summed E-state index contributed by atoms with van der Waals surface area (Å²) in [7, 11) is 1.96. The molecule has 5 unspecified atom stereocenters. The van der Waals surface area contributed by atoms with Gasteiger partial charge in [-0.3, -0.25) is 4.98 Å². The van der Waals surface area contributed by atoms with Gasteiger partial charge in [-0.05, 0) is 62.0 Å². The number of hydrogen-bond donors (Lipinski definition) is 1. The van der Waals surface area contributed by atoms with E-state index in [0.29, 0.717) is 5.92 Å². The Hall–Kier alpha value is -0.960. The maximum Gasteiger partial charge on any atom is 0.146 e. The van der Waals surface area contributed by atoms with E-state index < -0.39 is 0 Å². The van der Waals surface area contributed by atoms with Gasteiger partial charge >= 0.3 is 0 Å². The van der Waals surface area contributed by atoms with E-state index in [1.54, 1.807) is 6.20 Å². The monoisotopic (exact) mass is 246 g/mol. The van der Waals surface area contributed by atoms with Crippen molar-refractivity contribution in [3.05, 3.63) is 29.8 Å². The lowest BCUT2D eigenvalue weighted by molar-refractivity contribution is 0.376. The number of aromatic nitrogens is 1. The standard InChI is InChI=1S/C15H19FN2/c1-17-15(10-4-5-18-7-11(10)16)14-12-8-2-3-9(6-8)13(12)14/h4-5,7-9,12-15,17H,2-3,6H2,1H3. The first-order chi connectivity index (χ1) is 8.81. The highest BCUT2D eigenvalue weighted by Crippen LogP contribution is 2.72. The van der Waals surface area contributed by atoms with E-state index in [1.807, 2.05) is 13.1 Å². The van der Waals surface area contributed by atoms with Gasteiger partial charge < -0.3 is 5.32 Å². The molecule has 1 heterocycles. The fraction of sp³-hybridized carbons (Fsp3) is 0.667. The Kier molecular flexibility index (Phi) is 2.28. The SMILES string of the molecule is CNC(c1ccncc1F)C1C2C3CCC(C3)C21. The fourth-order valence-corrected chi connectivity index (χ4v) is 5.03. The van der Waals surface area contributed by atoms with Crippen LogP contribution in [0.25, 0.3) is 0 Å². The van der Waals surface area contributed by atoms with Crippen molar-refractivity contribution in [1.29, 1.82) is 0 Å². The van der Waals surface area contributed by atoms with Crippen molar-refractivity contribution in [3.63, 3.8) is 0 Å². The van der Waals surface area contributed by atoms with E-state index in [-0.39, 0.29) is 11.9 Å². The maximum absolute atomic E-state index is 13.9. The second-order valence-corrected chi connectivity index (χ2v) is 6.23. The molecule has 3 aliphatic rings. The van der Waals surface area contributed by atoms with Gasteiger partial charge in [0.2, 0.25) is 0 Å². The first kappa shape index (κ1) is 10.9. The molecule has 1 aromatic rings. The summed E-state index contributed by atoms with van der Waals surface area (Å²) >= 11 is 0. The van der Waals surface area contributed by atoms with Crippen molar-refractivity contribution in [1.82, 2.24) is 10.3 Å². The van der Waals surface area contributed by atoms with Crippen molar-refractivity contribution >= 4 is 0 Å². The molecule has 96 valence electrons. The summed E-state index contributed by atoms with van der Waals surface area (Å²) in [5, 5.41) is 3.35. The Morgan fingerprint density at radius 3 is 2.67 bits per heavy atom. The highest BCUT2D eigenvalue weighted by molar-refractivity contribution is 5.25. The Bertz CT molecular complexity index is 459. The topological polar surface area (TPSA) is 24.9 Å². The summed E-state index contributed by atoms with van der Waals surface area (Å²) in [5.74, 6) is 4.12. The molecule has 1 aromatic heterocycles. The molecule has 2 bridgehead atoms. The number of halogens is 1. The molecule has 0 radical (unpaired) electrons. The summed E-state index contributed by atoms with van der Waals surface area (Å²) < 4.78 is 13.9. The predicted octanol–water partition coefficient (Wildman–Crippen LogP) is 2.77. The minimum Gasteiger partial charge on any atom is -0.313 e. The first-order valence-corrected chi connectivity index (χ1v) is 7.08. The van der Waals surface area contributed by atoms with Gasteiger partial charge in [0.05, 0.1) is 6.20 Å². The van der Waals surface area contributed by atoms with E-state index in [1.165, 1.54) is 25.5 Å². The zero-order valence-electron chi connectivity index (χ0n) is 10.6. The van der Waals surface area contributed by atoms with Gasteiger partial charge in [-0.15, -0.1) is 0 Å². The summed E-state index contributed by atoms with van der Waals surface area (Å²) in [4.78, 5) is 3.85. The van der Waals surface area contributed by atoms with Crippen molar-refractivity contribution in [2.45, 2.75) is 25.3 Å². The van der Waals surface area contributed by atoms with Crippen LogP contribution >= 0.6 is 0 Å². The molecular weight excluding hydrogens is 227 g/mol. The van der Waals surface area contributed by atoms with Crippen LogP contribution in [0, 0.1) is 35.4 Å². The van der Waals surface area contributed by atoms with Gasteiger partial charge in [-0.2, -0.15) is 0 Å². The van der Waals surface area contributed by atoms with Crippen LogP contribution in [0.15, 0.2) is 18.5 Å². The van der Waals surface area contributed by atoms with Crippen LogP contribution in [0.5, 0.6) is 0 Å². The highest BCUT2D eigenvalue weighted by atomic mass is 19.1. The van der Waals surface area contributed by atoms with Crippen LogP contribution in [0.4, 0.5) is 4.39 Å². The molecule has 2 nitrogen and oxygen atoms in total. The maximum atomic E-state index is 13.9. The zero-order chi connectivity index (χ0) is 12.3. The Morgan fingerprint density at radius 1 is 1.33 bits per heavy atom. The Morgan fingerprint density at radius 2 is 2.06 bits per heavy atom. The van der Waals surface area contributed by atoms with Crippen LogP contribution < -0.4 is 5.32 Å². The summed E-state index contributed by atoms with van der Waals surface area (Å²) in [6.07, 6.45) is 7.32. The van der Waals surface area contributed by atoms with Gasteiger partial charge in [0, 0.05) is 17.8 Å². The molecule has 0 aromatic carbocycles. The lowest BCUT2D eigenvalue weighted by Crippen LogP contribution is -2.23. The van der Waals surface area contributed by atoms with E-state index in [9.17, 15) is 4.39 Å². The molecule has 4 rings (SSSR count). The van der Waals surface area contributed by atoms with E-state index >= 15 is 0 Å². The van der Waals surface area contributed by atoms with Crippen LogP contribution in [0.3, 0.4) is 0 Å². The van der Waals surface area contributed by atoms with Crippen molar-refractivity contribution in [2.75, 3.05) is 7.05 Å². The molecule has 3 saturated carbocycles. The van der Waals surface area contributed by atoms with Gasteiger partial charge in [0.15, 0.2) is 0 Å². The third-order valence-electron chi connectivity index (χ3n) is 5.63. The van der Waals surface area contributed by atoms with Crippen LogP contribution in [0.2, 0.25) is 0 Å². The number of hydrogen-bond acceptors (Lipinski definition) is 2. The van der Waals surface area contributed by atoms with Crippen LogP contribution in [0.1, 0.15) is 30.9 Å². The Balaban J connectivity index is 1.63. The predicted molar refractivity (Wildman–Crippen MR) is 67.3 cm³/mol. The number of nitrogens with one attached hydrogen (secondary N) is 1. The fourth-order valence-electron chi connectivity index (χ4n) is 5.03. The molecule has 0 spiro atoms. The molecule has 0 saturated heterocycles. The number of nitrogens with zero attached hydrogens (tertiary/aromatic N) is 1. The van der Waals surface area contributed by atoms with Crippen molar-refractivity contribution < 1.29 is 4.39 Å². The van der Waals surface area contributed by atoms with Crippen molar-refractivity contribution in [2.24, 2.45) is 29.6 Å². The third-order valence-corrected chi connectivity index (χ3v) is 5.63. The molecule has 3 heteroatoms. The minimum atomic E-state index is -0.158. The molecule has 0 amide bonds. The average Bonchev–Trinajstić information content (AvgIpc) is 2.81. The molecule has 3 fully saturated rings. The third kappa shape index (κ3) is 1.34. The molecule has 5 atom stereocenters. The van der Waals surface area contributed by atoms with Gasteiger partial charge in [-0.1, -0.05) is 0 Å². The zero-order valence-corrected chi connectivity index (χ0v) is 10.6. The molecule has 0 aliphatic heterocycles. The molecule has 3 aliphatic carbocycles. The van der Waals surface area contributed by atoms with E-state index in [0.717, 1.165) is 29.2 Å². The van der Waals surface area contributed by atoms with Gasteiger partial charge in [0.25, 0.3) is 0 Å². The molecular formula is C15H19FN2. The first-order valence-electron chi connectivity index (χ1n) is 7.08. The quantitative estimate of drug-likeness (QED) is 0.887. The van der Waals surface area contributed by atoms with E-state index in [4.69, 9.17) is 0 Å². The summed E-state index contributed by atoms with van der Waals surface area (Å²) in [6.45, 7) is 0. The van der Waals surface area contributed by atoms with Gasteiger partial charge in [0.1, 0.15) is 5.82 Å². The molecule has 18 heavy (non-hydrogen) atoms. The Labute approximate surface area is 107 Å². The second kappa shape index (κ2) is 3.77. The lowest BCUT2D eigenvalue weighted by Gasteiger charge is -2.20. The summed E-state index contributed by atoms with van der Waals surface area (Å²) in [5.41, 5.74) is 0.811. The molecule has 1 N–H and O–H groups in total. The normalized spacial score (nSPS) is 41.8. The minimum absolute atomic E-state index is 0.158. The lowest BCUT2D eigenvalue weighted by atomic mass is 9.93. The average molecular weight is 246 g/mol. The van der Waals surface area contributed by atoms with E-state index in [2.05, 4.69) is 10.3 Å². The smallest absolute Gasteiger partial charge is 0.146 e. The van der Waals surface area contributed by atoms with Gasteiger partial charge in [-0.25, -0.2) is 4.39 Å². The largest absolute Gasteiger partial charge is 0.313 e. The van der Waals surface area contributed by atoms with Crippen LogP contribution in [-0.2, 0) is 0 Å². The van der Waals surface area contributed by atoms with Crippen LogP contribution in [-0.4, -0.2) is 12.0 Å². The number of rotatable bonds is 3. The van der Waals surface area contributed by atoms with Crippen molar-refractivity contribution in [3.8, 4) is 0 Å².